The van der Waals surface area contributed by atoms with Crippen molar-refractivity contribution in [3.05, 3.63) is 59.7 Å². The van der Waals surface area contributed by atoms with E-state index < -0.39 is 17.5 Å². The number of carbonyl (C=O) groups is 1. The molecule has 0 saturated carbocycles. The molecule has 1 amide bonds. The smallest absolute Gasteiger partial charge is 0.255 e. The van der Waals surface area contributed by atoms with Gasteiger partial charge in [0, 0.05) is 16.9 Å². The first kappa shape index (κ1) is 12.0. The minimum atomic E-state index is -0.538. The molecular formula is C13H10F2N2O. The summed E-state index contributed by atoms with van der Waals surface area (Å²) in [5.41, 5.74) is 6.19. The van der Waals surface area contributed by atoms with Gasteiger partial charge in [0.25, 0.3) is 5.91 Å². The predicted octanol–water partition coefficient (Wildman–Crippen LogP) is 2.80. The fourth-order valence-corrected chi connectivity index (χ4v) is 1.49. The van der Waals surface area contributed by atoms with Crippen LogP contribution in [-0.2, 0) is 0 Å². The van der Waals surface area contributed by atoms with Crippen LogP contribution in [-0.4, -0.2) is 5.91 Å². The van der Waals surface area contributed by atoms with Gasteiger partial charge in [-0.05, 0) is 42.5 Å². The Morgan fingerprint density at radius 3 is 2.28 bits per heavy atom. The number of hydrogen-bond acceptors (Lipinski definition) is 2. The lowest BCUT2D eigenvalue weighted by Crippen LogP contribution is -2.12. The number of anilines is 2. The Labute approximate surface area is 102 Å². The molecular weight excluding hydrogens is 238 g/mol. The maximum Gasteiger partial charge on any atom is 0.255 e. The molecule has 0 atom stereocenters. The number of benzene rings is 2. The summed E-state index contributed by atoms with van der Waals surface area (Å²) < 4.78 is 25.7. The van der Waals surface area contributed by atoms with Crippen molar-refractivity contribution in [1.82, 2.24) is 0 Å². The third kappa shape index (κ3) is 2.82. The number of rotatable bonds is 2. The predicted molar refractivity (Wildman–Crippen MR) is 65.2 cm³/mol. The Bertz CT molecular complexity index is 562. The van der Waals surface area contributed by atoms with Gasteiger partial charge in [0.1, 0.15) is 11.6 Å². The molecule has 92 valence electrons. The molecule has 0 radical (unpaired) electrons. The van der Waals surface area contributed by atoms with Crippen molar-refractivity contribution in [3.63, 3.8) is 0 Å². The normalized spacial score (nSPS) is 10.1. The third-order valence-electron chi connectivity index (χ3n) is 2.28. The zero-order valence-electron chi connectivity index (χ0n) is 9.28. The van der Waals surface area contributed by atoms with E-state index in [0.29, 0.717) is 0 Å². The molecule has 0 unspecified atom stereocenters. The highest BCUT2D eigenvalue weighted by Crippen LogP contribution is 2.16. The van der Waals surface area contributed by atoms with Crippen LogP contribution in [0.3, 0.4) is 0 Å². The first-order valence-electron chi connectivity index (χ1n) is 5.17. The lowest BCUT2D eigenvalue weighted by atomic mass is 10.2. The Hall–Kier alpha value is -2.43. The fourth-order valence-electron chi connectivity index (χ4n) is 1.49. The van der Waals surface area contributed by atoms with Crippen molar-refractivity contribution in [1.29, 1.82) is 0 Å². The zero-order chi connectivity index (χ0) is 13.1. The minimum absolute atomic E-state index is 0.212. The van der Waals surface area contributed by atoms with Crippen molar-refractivity contribution in [2.24, 2.45) is 0 Å². The van der Waals surface area contributed by atoms with Gasteiger partial charge >= 0.3 is 0 Å². The molecule has 18 heavy (non-hydrogen) atoms. The number of halogens is 2. The SMILES string of the molecule is Nc1cc(F)cc(NC(=O)c2ccc(F)cc2)c1. The molecule has 0 heterocycles. The molecule has 0 aliphatic rings. The molecule has 0 bridgehead atoms. The molecule has 0 aliphatic heterocycles. The van der Waals surface area contributed by atoms with Crippen molar-refractivity contribution in [2.45, 2.75) is 0 Å². The number of amides is 1. The Kier molecular flexibility index (Phi) is 3.23. The van der Waals surface area contributed by atoms with Crippen molar-refractivity contribution in [2.75, 3.05) is 11.1 Å². The number of nitrogens with one attached hydrogen (secondary N) is 1. The lowest BCUT2D eigenvalue weighted by Gasteiger charge is -2.06. The van der Waals surface area contributed by atoms with Crippen molar-refractivity contribution < 1.29 is 13.6 Å². The van der Waals surface area contributed by atoms with Gasteiger partial charge in [0.05, 0.1) is 0 Å². The molecule has 2 aromatic rings. The molecule has 3 nitrogen and oxygen atoms in total. The van der Waals surface area contributed by atoms with Crippen LogP contribution in [0.4, 0.5) is 20.2 Å². The monoisotopic (exact) mass is 248 g/mol. The Morgan fingerprint density at radius 2 is 1.67 bits per heavy atom. The van der Waals surface area contributed by atoms with Gasteiger partial charge < -0.3 is 11.1 Å². The highest BCUT2D eigenvalue weighted by atomic mass is 19.1. The van der Waals surface area contributed by atoms with Gasteiger partial charge in [0.2, 0.25) is 0 Å². The van der Waals surface area contributed by atoms with Gasteiger partial charge in [-0.25, -0.2) is 8.78 Å². The van der Waals surface area contributed by atoms with Crippen LogP contribution in [0.25, 0.3) is 0 Å². The summed E-state index contributed by atoms with van der Waals surface area (Å²) in [6.45, 7) is 0. The van der Waals surface area contributed by atoms with Crippen LogP contribution in [0.2, 0.25) is 0 Å². The quantitative estimate of drug-likeness (QED) is 0.803. The fraction of sp³-hybridized carbons (Fsp3) is 0. The van der Waals surface area contributed by atoms with Crippen LogP contribution in [0.1, 0.15) is 10.4 Å². The maximum atomic E-state index is 13.1. The standard InChI is InChI=1S/C13H10F2N2O/c14-9-3-1-8(2-4-9)13(18)17-12-6-10(15)5-11(16)7-12/h1-7H,16H2,(H,17,18). The Morgan fingerprint density at radius 1 is 1.00 bits per heavy atom. The van der Waals surface area contributed by atoms with E-state index >= 15 is 0 Å². The van der Waals surface area contributed by atoms with Gasteiger partial charge in [0.15, 0.2) is 0 Å². The zero-order valence-corrected chi connectivity index (χ0v) is 9.28. The van der Waals surface area contributed by atoms with E-state index in [1.807, 2.05) is 0 Å². The molecule has 0 aromatic heterocycles. The average molecular weight is 248 g/mol. The molecule has 0 aliphatic carbocycles. The summed E-state index contributed by atoms with van der Waals surface area (Å²) in [5, 5.41) is 2.48. The van der Waals surface area contributed by atoms with Crippen LogP contribution in [0.5, 0.6) is 0 Å². The van der Waals surface area contributed by atoms with Crippen LogP contribution >= 0.6 is 0 Å². The molecule has 0 saturated heterocycles. The summed E-state index contributed by atoms with van der Waals surface area (Å²) in [6.07, 6.45) is 0. The summed E-state index contributed by atoms with van der Waals surface area (Å²) in [4.78, 5) is 11.8. The maximum absolute atomic E-state index is 13.1. The van der Waals surface area contributed by atoms with Crippen molar-refractivity contribution >= 4 is 17.3 Å². The number of hydrogen-bond donors (Lipinski definition) is 2. The second kappa shape index (κ2) is 4.83. The van der Waals surface area contributed by atoms with E-state index in [4.69, 9.17) is 5.73 Å². The molecule has 0 fully saturated rings. The van der Waals surface area contributed by atoms with E-state index in [-0.39, 0.29) is 16.9 Å². The number of carbonyl (C=O) groups excluding carboxylic acids is 1. The minimum Gasteiger partial charge on any atom is -0.399 e. The van der Waals surface area contributed by atoms with Gasteiger partial charge in [-0.3, -0.25) is 4.79 Å². The highest BCUT2D eigenvalue weighted by Gasteiger charge is 2.07. The van der Waals surface area contributed by atoms with Crippen LogP contribution < -0.4 is 11.1 Å². The molecule has 3 N–H and O–H groups in total. The van der Waals surface area contributed by atoms with E-state index in [9.17, 15) is 13.6 Å². The summed E-state index contributed by atoms with van der Waals surface area (Å²) >= 11 is 0. The van der Waals surface area contributed by atoms with Gasteiger partial charge in [-0.2, -0.15) is 0 Å². The van der Waals surface area contributed by atoms with E-state index in [1.54, 1.807) is 0 Å². The second-order valence-corrected chi connectivity index (χ2v) is 3.73. The summed E-state index contributed by atoms with van der Waals surface area (Å²) in [7, 11) is 0. The third-order valence-corrected chi connectivity index (χ3v) is 2.28. The van der Waals surface area contributed by atoms with E-state index in [2.05, 4.69) is 5.32 Å². The molecule has 2 rings (SSSR count). The second-order valence-electron chi connectivity index (χ2n) is 3.73. The number of nitrogens with two attached hydrogens (primary N) is 1. The number of nitrogen functional groups attached to an aromatic ring is 1. The Balaban J connectivity index is 2.18. The first-order chi connectivity index (χ1) is 8.54. The summed E-state index contributed by atoms with van der Waals surface area (Å²) in [5.74, 6) is -1.43. The van der Waals surface area contributed by atoms with Gasteiger partial charge in [-0.15, -0.1) is 0 Å². The summed E-state index contributed by atoms with van der Waals surface area (Å²) in [6, 6.07) is 8.76. The average Bonchev–Trinajstić information content (AvgIpc) is 2.28. The topological polar surface area (TPSA) is 55.1 Å². The lowest BCUT2D eigenvalue weighted by molar-refractivity contribution is 0.102. The first-order valence-corrected chi connectivity index (χ1v) is 5.17. The van der Waals surface area contributed by atoms with Crippen LogP contribution in [0, 0.1) is 11.6 Å². The molecule has 0 spiro atoms. The van der Waals surface area contributed by atoms with Crippen molar-refractivity contribution in [3.8, 4) is 0 Å². The largest absolute Gasteiger partial charge is 0.399 e. The van der Waals surface area contributed by atoms with Gasteiger partial charge in [-0.1, -0.05) is 0 Å². The molecule has 5 heteroatoms. The molecule has 2 aromatic carbocycles. The van der Waals surface area contributed by atoms with E-state index in [0.717, 1.165) is 12.1 Å². The van der Waals surface area contributed by atoms with Crippen LogP contribution in [0.15, 0.2) is 42.5 Å². The highest BCUT2D eigenvalue weighted by molar-refractivity contribution is 6.04. The van der Waals surface area contributed by atoms with E-state index in [1.165, 1.54) is 30.3 Å².